The van der Waals surface area contributed by atoms with Crippen LogP contribution in [0, 0.1) is 5.82 Å². The van der Waals surface area contributed by atoms with Crippen molar-refractivity contribution in [3.63, 3.8) is 0 Å². The molecular formula is C28H31FN2O7. The number of hydrogen-bond donors (Lipinski definition) is 1. The summed E-state index contributed by atoms with van der Waals surface area (Å²) >= 11 is 0. The molecule has 0 aromatic heterocycles. The maximum absolute atomic E-state index is 14.7. The molecule has 1 unspecified atom stereocenters. The van der Waals surface area contributed by atoms with Crippen LogP contribution in [0.5, 0.6) is 5.75 Å². The van der Waals surface area contributed by atoms with Gasteiger partial charge in [-0.05, 0) is 49.7 Å². The Kier molecular flexibility index (Phi) is 8.43. The second-order valence-corrected chi connectivity index (χ2v) is 9.37. The molecule has 202 valence electrons. The van der Waals surface area contributed by atoms with Crippen molar-refractivity contribution in [2.24, 2.45) is 0 Å². The SMILES string of the molecule is COC(=O)c1ccc(C2/C(=C(\O)c3ccc(OC(C)C)c(F)c3)C(=O)C(=O)N2CCN2CCOCC2)cc1. The van der Waals surface area contributed by atoms with Gasteiger partial charge in [-0.2, -0.15) is 0 Å². The third-order valence-electron chi connectivity index (χ3n) is 6.52. The second-order valence-electron chi connectivity index (χ2n) is 9.37. The first-order valence-corrected chi connectivity index (χ1v) is 12.4. The quantitative estimate of drug-likeness (QED) is 0.242. The van der Waals surface area contributed by atoms with E-state index < -0.39 is 35.3 Å². The van der Waals surface area contributed by atoms with Crippen LogP contribution in [0.1, 0.15) is 41.4 Å². The minimum Gasteiger partial charge on any atom is -0.507 e. The lowest BCUT2D eigenvalue weighted by Gasteiger charge is -2.31. The zero-order valence-corrected chi connectivity index (χ0v) is 21.6. The number of methoxy groups -OCH3 is 1. The average molecular weight is 527 g/mol. The molecule has 4 rings (SSSR count). The molecule has 2 aliphatic rings. The molecule has 0 saturated carbocycles. The van der Waals surface area contributed by atoms with E-state index in [9.17, 15) is 23.9 Å². The highest BCUT2D eigenvalue weighted by molar-refractivity contribution is 6.46. The van der Waals surface area contributed by atoms with E-state index in [1.165, 1.54) is 36.3 Å². The molecule has 38 heavy (non-hydrogen) atoms. The van der Waals surface area contributed by atoms with E-state index in [-0.39, 0.29) is 29.5 Å². The summed E-state index contributed by atoms with van der Waals surface area (Å²) in [4.78, 5) is 41.9. The molecule has 2 saturated heterocycles. The minimum atomic E-state index is -0.933. The molecule has 1 N–H and O–H groups in total. The zero-order valence-electron chi connectivity index (χ0n) is 21.6. The summed E-state index contributed by atoms with van der Waals surface area (Å²) in [5.74, 6) is -3.34. The highest BCUT2D eigenvalue weighted by Crippen LogP contribution is 2.40. The number of aliphatic hydroxyl groups is 1. The largest absolute Gasteiger partial charge is 0.507 e. The standard InChI is InChI=1S/C28H31FN2O7/c1-17(2)38-22-9-8-20(16-21(22)29)25(32)23-24(18-4-6-19(7-5-18)28(35)36-3)31(27(34)26(23)33)11-10-30-12-14-37-15-13-30/h4-9,16-17,24,32H,10-15H2,1-3H3/b25-23+. The fraction of sp³-hybridized carbons (Fsp3) is 0.393. The summed E-state index contributed by atoms with van der Waals surface area (Å²) in [5.41, 5.74) is 0.700. The number of rotatable bonds is 8. The Morgan fingerprint density at radius 2 is 1.74 bits per heavy atom. The molecule has 0 spiro atoms. The number of hydrogen-bond acceptors (Lipinski definition) is 8. The van der Waals surface area contributed by atoms with Gasteiger partial charge in [-0.3, -0.25) is 14.5 Å². The first-order chi connectivity index (χ1) is 18.2. The smallest absolute Gasteiger partial charge is 0.337 e. The van der Waals surface area contributed by atoms with Crippen LogP contribution in [0.25, 0.3) is 5.76 Å². The highest BCUT2D eigenvalue weighted by Gasteiger charge is 2.46. The Hall–Kier alpha value is -3.76. The van der Waals surface area contributed by atoms with Crippen LogP contribution >= 0.6 is 0 Å². The molecule has 2 aromatic rings. The van der Waals surface area contributed by atoms with Crippen LogP contribution in [0.3, 0.4) is 0 Å². The van der Waals surface area contributed by atoms with E-state index in [0.29, 0.717) is 44.0 Å². The van der Waals surface area contributed by atoms with Crippen LogP contribution in [0.2, 0.25) is 0 Å². The molecule has 2 fully saturated rings. The number of ketones is 1. The van der Waals surface area contributed by atoms with Crippen molar-refractivity contribution in [2.45, 2.75) is 26.0 Å². The predicted molar refractivity (Wildman–Crippen MR) is 136 cm³/mol. The molecular weight excluding hydrogens is 495 g/mol. The van der Waals surface area contributed by atoms with Gasteiger partial charge in [0.25, 0.3) is 11.7 Å². The topological polar surface area (TPSA) is 106 Å². The van der Waals surface area contributed by atoms with Crippen LogP contribution in [-0.2, 0) is 19.1 Å². The summed E-state index contributed by atoms with van der Waals surface area (Å²) in [6.07, 6.45) is -0.256. The first-order valence-electron chi connectivity index (χ1n) is 12.4. The summed E-state index contributed by atoms with van der Waals surface area (Å²) < 4.78 is 30.3. The number of likely N-dealkylation sites (tertiary alicyclic amines) is 1. The summed E-state index contributed by atoms with van der Waals surface area (Å²) in [7, 11) is 1.27. The molecule has 2 aromatic carbocycles. The first kappa shape index (κ1) is 27.3. The van der Waals surface area contributed by atoms with Crippen molar-refractivity contribution in [3.05, 3.63) is 70.5 Å². The third-order valence-corrected chi connectivity index (χ3v) is 6.52. The summed E-state index contributed by atoms with van der Waals surface area (Å²) in [5, 5.41) is 11.2. The van der Waals surface area contributed by atoms with Crippen molar-refractivity contribution in [2.75, 3.05) is 46.5 Å². The molecule has 10 heteroatoms. The average Bonchev–Trinajstić information content (AvgIpc) is 3.17. The number of morpholine rings is 1. The van der Waals surface area contributed by atoms with Gasteiger partial charge in [-0.1, -0.05) is 12.1 Å². The maximum atomic E-state index is 14.7. The van der Waals surface area contributed by atoms with Crippen LogP contribution in [-0.4, -0.2) is 85.2 Å². The Morgan fingerprint density at radius 3 is 2.34 bits per heavy atom. The van der Waals surface area contributed by atoms with E-state index in [2.05, 4.69) is 4.90 Å². The van der Waals surface area contributed by atoms with Gasteiger partial charge >= 0.3 is 5.97 Å². The molecule has 1 amide bonds. The number of Topliss-reactive ketones (excluding diaryl/α,β-unsaturated/α-hetero) is 1. The van der Waals surface area contributed by atoms with E-state index in [0.717, 1.165) is 6.07 Å². The van der Waals surface area contributed by atoms with Crippen molar-refractivity contribution in [1.82, 2.24) is 9.80 Å². The number of esters is 1. The Balaban J connectivity index is 1.74. The van der Waals surface area contributed by atoms with Gasteiger partial charge in [0.1, 0.15) is 5.76 Å². The second kappa shape index (κ2) is 11.7. The third kappa shape index (κ3) is 5.71. The van der Waals surface area contributed by atoms with Crippen LogP contribution < -0.4 is 4.74 Å². The molecule has 0 bridgehead atoms. The van der Waals surface area contributed by atoms with Crippen LogP contribution in [0.15, 0.2) is 48.0 Å². The lowest BCUT2D eigenvalue weighted by Crippen LogP contribution is -2.42. The van der Waals surface area contributed by atoms with E-state index >= 15 is 0 Å². The number of carbonyl (C=O) groups is 3. The van der Waals surface area contributed by atoms with Gasteiger partial charge in [-0.25, -0.2) is 9.18 Å². The lowest BCUT2D eigenvalue weighted by molar-refractivity contribution is -0.140. The monoisotopic (exact) mass is 526 g/mol. The molecule has 2 aliphatic heterocycles. The molecule has 0 radical (unpaired) electrons. The van der Waals surface area contributed by atoms with Crippen molar-refractivity contribution < 1.29 is 38.1 Å². The summed E-state index contributed by atoms with van der Waals surface area (Å²) in [6.45, 7) is 6.81. The molecule has 2 heterocycles. The minimum absolute atomic E-state index is 0.0115. The Labute approximate surface area is 220 Å². The maximum Gasteiger partial charge on any atom is 0.337 e. The summed E-state index contributed by atoms with van der Waals surface area (Å²) in [6, 6.07) is 9.23. The van der Waals surface area contributed by atoms with Gasteiger partial charge in [0.15, 0.2) is 11.6 Å². The predicted octanol–water partition coefficient (Wildman–Crippen LogP) is 3.15. The van der Waals surface area contributed by atoms with Gasteiger partial charge in [0, 0.05) is 31.7 Å². The number of amides is 1. The van der Waals surface area contributed by atoms with Gasteiger partial charge in [0.05, 0.1) is 43.6 Å². The number of ether oxygens (including phenoxy) is 3. The van der Waals surface area contributed by atoms with Gasteiger partial charge in [0.2, 0.25) is 0 Å². The van der Waals surface area contributed by atoms with Crippen molar-refractivity contribution in [3.8, 4) is 5.75 Å². The van der Waals surface area contributed by atoms with Gasteiger partial charge in [-0.15, -0.1) is 0 Å². The number of nitrogens with zero attached hydrogens (tertiary/aromatic N) is 2. The lowest BCUT2D eigenvalue weighted by atomic mass is 9.94. The van der Waals surface area contributed by atoms with Crippen molar-refractivity contribution in [1.29, 1.82) is 0 Å². The van der Waals surface area contributed by atoms with Gasteiger partial charge < -0.3 is 24.2 Å². The Bertz CT molecular complexity index is 1240. The number of aliphatic hydroxyl groups excluding tert-OH is 1. The zero-order chi connectivity index (χ0) is 27.4. The number of halogens is 1. The van der Waals surface area contributed by atoms with Crippen molar-refractivity contribution >= 4 is 23.4 Å². The molecule has 1 atom stereocenters. The molecule has 0 aliphatic carbocycles. The highest BCUT2D eigenvalue weighted by atomic mass is 19.1. The van der Waals surface area contributed by atoms with Crippen LogP contribution in [0.4, 0.5) is 4.39 Å². The van der Waals surface area contributed by atoms with E-state index in [1.54, 1.807) is 26.0 Å². The molecule has 9 nitrogen and oxygen atoms in total. The normalized spacial score (nSPS) is 19.7. The van der Waals surface area contributed by atoms with E-state index in [4.69, 9.17) is 14.2 Å². The number of carbonyl (C=O) groups excluding carboxylic acids is 3. The Morgan fingerprint density at radius 1 is 1.08 bits per heavy atom. The fourth-order valence-corrected chi connectivity index (χ4v) is 4.60. The fourth-order valence-electron chi connectivity index (χ4n) is 4.60. The van der Waals surface area contributed by atoms with E-state index in [1.807, 2.05) is 0 Å². The number of benzene rings is 2.